The molecular weight excluding hydrogens is 208 g/mol. The molecule has 1 saturated heterocycles. The Kier molecular flexibility index (Phi) is 4.14. The van der Waals surface area contributed by atoms with Crippen molar-refractivity contribution in [2.24, 2.45) is 11.8 Å². The van der Waals surface area contributed by atoms with Gasteiger partial charge in [-0.3, -0.25) is 4.90 Å². The molecule has 1 saturated carbocycles. The van der Waals surface area contributed by atoms with E-state index in [0.717, 1.165) is 17.9 Å². The van der Waals surface area contributed by atoms with Gasteiger partial charge in [-0.05, 0) is 64.5 Å². The maximum atomic E-state index is 3.67. The summed E-state index contributed by atoms with van der Waals surface area (Å²) in [5.74, 6) is 1.84. The first kappa shape index (κ1) is 13.4. The lowest BCUT2D eigenvalue weighted by molar-refractivity contribution is 0.0965. The molecule has 0 aromatic carbocycles. The van der Waals surface area contributed by atoms with Gasteiger partial charge >= 0.3 is 0 Å². The first-order chi connectivity index (χ1) is 7.96. The minimum atomic E-state index is 0.292. The molecule has 17 heavy (non-hydrogen) atoms. The molecule has 0 radical (unpaired) electrons. The van der Waals surface area contributed by atoms with Crippen molar-refractivity contribution in [1.29, 1.82) is 0 Å². The van der Waals surface area contributed by atoms with Crippen LogP contribution in [0.5, 0.6) is 0 Å². The third-order valence-electron chi connectivity index (χ3n) is 4.49. The Morgan fingerprint density at radius 1 is 1.06 bits per heavy atom. The molecule has 0 aromatic heterocycles. The Balaban J connectivity index is 1.99. The summed E-state index contributed by atoms with van der Waals surface area (Å²) in [7, 11) is 0. The van der Waals surface area contributed by atoms with E-state index in [-0.39, 0.29) is 0 Å². The third-order valence-corrected chi connectivity index (χ3v) is 4.49. The van der Waals surface area contributed by atoms with E-state index in [1.165, 1.54) is 45.3 Å². The molecule has 0 spiro atoms. The molecule has 100 valence electrons. The molecule has 1 heterocycles. The van der Waals surface area contributed by atoms with Crippen LogP contribution in [0.2, 0.25) is 0 Å². The molecule has 1 aliphatic heterocycles. The second-order valence-corrected chi connectivity index (χ2v) is 7.21. The summed E-state index contributed by atoms with van der Waals surface area (Å²) in [4.78, 5) is 2.77. The molecular formula is C15H30N2. The monoisotopic (exact) mass is 238 g/mol. The summed E-state index contributed by atoms with van der Waals surface area (Å²) in [6, 6.07) is 0.841. The Bertz CT molecular complexity index is 239. The van der Waals surface area contributed by atoms with Crippen LogP contribution >= 0.6 is 0 Å². The molecule has 2 fully saturated rings. The predicted molar refractivity (Wildman–Crippen MR) is 74.2 cm³/mol. The fraction of sp³-hybridized carbons (Fsp3) is 1.00. The summed E-state index contributed by atoms with van der Waals surface area (Å²) in [5.41, 5.74) is 0.292. The number of hydrogen-bond acceptors (Lipinski definition) is 2. The first-order valence-corrected chi connectivity index (χ1v) is 7.45. The van der Waals surface area contributed by atoms with Gasteiger partial charge in [0.25, 0.3) is 0 Å². The van der Waals surface area contributed by atoms with Gasteiger partial charge in [-0.25, -0.2) is 0 Å². The lowest BCUT2D eigenvalue weighted by Crippen LogP contribution is -2.50. The topological polar surface area (TPSA) is 15.3 Å². The molecule has 2 nitrogen and oxygen atoms in total. The van der Waals surface area contributed by atoms with Gasteiger partial charge in [0.1, 0.15) is 0 Å². The Labute approximate surface area is 107 Å². The third kappa shape index (κ3) is 3.69. The second kappa shape index (κ2) is 5.27. The van der Waals surface area contributed by atoms with Crippen LogP contribution in [0, 0.1) is 11.8 Å². The Morgan fingerprint density at radius 3 is 2.35 bits per heavy atom. The van der Waals surface area contributed by atoms with Crippen LogP contribution in [-0.4, -0.2) is 36.1 Å². The van der Waals surface area contributed by atoms with Crippen molar-refractivity contribution in [2.75, 3.05) is 19.6 Å². The molecule has 0 bridgehead atoms. The fourth-order valence-electron chi connectivity index (χ4n) is 3.87. The lowest BCUT2D eigenvalue weighted by atomic mass is 9.79. The minimum Gasteiger partial charge on any atom is -0.310 e. The van der Waals surface area contributed by atoms with Gasteiger partial charge in [0.15, 0.2) is 0 Å². The van der Waals surface area contributed by atoms with Gasteiger partial charge in [0.05, 0.1) is 0 Å². The maximum absolute atomic E-state index is 3.67. The van der Waals surface area contributed by atoms with E-state index in [4.69, 9.17) is 0 Å². The first-order valence-electron chi connectivity index (χ1n) is 7.45. The normalized spacial score (nSPS) is 39.9. The quantitative estimate of drug-likeness (QED) is 0.755. The van der Waals surface area contributed by atoms with E-state index in [9.17, 15) is 0 Å². The smallest absolute Gasteiger partial charge is 0.0252 e. The molecule has 1 aliphatic carbocycles. The molecule has 2 heteroatoms. The van der Waals surface area contributed by atoms with Crippen molar-refractivity contribution in [2.45, 2.75) is 65.0 Å². The van der Waals surface area contributed by atoms with Gasteiger partial charge in [-0.1, -0.05) is 13.8 Å². The van der Waals surface area contributed by atoms with E-state index >= 15 is 0 Å². The zero-order chi connectivity index (χ0) is 12.5. The van der Waals surface area contributed by atoms with Crippen LogP contribution < -0.4 is 5.32 Å². The molecule has 0 aromatic rings. The van der Waals surface area contributed by atoms with Crippen molar-refractivity contribution in [3.05, 3.63) is 0 Å². The van der Waals surface area contributed by atoms with Crippen molar-refractivity contribution < 1.29 is 0 Å². The number of nitrogens with zero attached hydrogens (tertiary/aromatic N) is 1. The van der Waals surface area contributed by atoms with Crippen molar-refractivity contribution in [1.82, 2.24) is 10.2 Å². The molecule has 0 amide bonds. The second-order valence-electron chi connectivity index (χ2n) is 7.21. The fourth-order valence-corrected chi connectivity index (χ4v) is 3.87. The minimum absolute atomic E-state index is 0.292. The average molecular weight is 238 g/mol. The highest BCUT2D eigenvalue weighted by Gasteiger charge is 2.32. The summed E-state index contributed by atoms with van der Waals surface area (Å²) >= 11 is 0. The van der Waals surface area contributed by atoms with Crippen LogP contribution in [-0.2, 0) is 0 Å². The number of hydrogen-bond donors (Lipinski definition) is 1. The van der Waals surface area contributed by atoms with Crippen molar-refractivity contribution >= 4 is 0 Å². The highest BCUT2D eigenvalue weighted by Crippen LogP contribution is 2.32. The molecule has 2 aliphatic rings. The standard InChI is InChI=1S/C15H30N2/c1-12-8-13(2)10-14(9-12)17-7-5-6-16-15(3,4)11-17/h12-14,16H,5-11H2,1-4H3. The van der Waals surface area contributed by atoms with Gasteiger partial charge in [-0.2, -0.15) is 0 Å². The van der Waals surface area contributed by atoms with Gasteiger partial charge in [0.2, 0.25) is 0 Å². The van der Waals surface area contributed by atoms with Gasteiger partial charge in [0, 0.05) is 18.1 Å². The zero-order valence-electron chi connectivity index (χ0n) is 12.1. The van der Waals surface area contributed by atoms with Crippen molar-refractivity contribution in [3.63, 3.8) is 0 Å². The molecule has 2 atom stereocenters. The van der Waals surface area contributed by atoms with E-state index in [1.807, 2.05) is 0 Å². The predicted octanol–water partition coefficient (Wildman–Crippen LogP) is 2.89. The summed E-state index contributed by atoms with van der Waals surface area (Å²) in [6.07, 6.45) is 5.58. The molecule has 1 N–H and O–H groups in total. The van der Waals surface area contributed by atoms with Crippen LogP contribution in [0.25, 0.3) is 0 Å². The lowest BCUT2D eigenvalue weighted by Gasteiger charge is -2.41. The largest absolute Gasteiger partial charge is 0.310 e. The number of rotatable bonds is 1. The van der Waals surface area contributed by atoms with Gasteiger partial charge in [-0.15, -0.1) is 0 Å². The Morgan fingerprint density at radius 2 is 1.71 bits per heavy atom. The summed E-state index contributed by atoms with van der Waals surface area (Å²) in [5, 5.41) is 3.67. The van der Waals surface area contributed by atoms with Crippen molar-refractivity contribution in [3.8, 4) is 0 Å². The SMILES string of the molecule is CC1CC(C)CC(N2CCCNC(C)(C)C2)C1. The van der Waals surface area contributed by atoms with Gasteiger partial charge < -0.3 is 5.32 Å². The van der Waals surface area contributed by atoms with Crippen LogP contribution in [0.15, 0.2) is 0 Å². The molecule has 2 unspecified atom stereocenters. The Hall–Kier alpha value is -0.0800. The highest BCUT2D eigenvalue weighted by atomic mass is 15.2. The summed E-state index contributed by atoms with van der Waals surface area (Å²) in [6.45, 7) is 13.3. The van der Waals surface area contributed by atoms with Crippen LogP contribution in [0.3, 0.4) is 0 Å². The van der Waals surface area contributed by atoms with E-state index in [2.05, 4.69) is 37.9 Å². The highest BCUT2D eigenvalue weighted by molar-refractivity contribution is 4.90. The molecule has 2 rings (SSSR count). The van der Waals surface area contributed by atoms with Crippen LogP contribution in [0.1, 0.15) is 53.4 Å². The zero-order valence-corrected chi connectivity index (χ0v) is 12.1. The average Bonchev–Trinajstić information content (AvgIpc) is 2.37. The summed E-state index contributed by atoms with van der Waals surface area (Å²) < 4.78 is 0. The maximum Gasteiger partial charge on any atom is 0.0252 e. The van der Waals surface area contributed by atoms with E-state index in [1.54, 1.807) is 0 Å². The van der Waals surface area contributed by atoms with Crippen LogP contribution in [0.4, 0.5) is 0 Å². The van der Waals surface area contributed by atoms with E-state index < -0.39 is 0 Å². The van der Waals surface area contributed by atoms with E-state index in [0.29, 0.717) is 5.54 Å². The number of nitrogens with one attached hydrogen (secondary N) is 1.